The van der Waals surface area contributed by atoms with E-state index in [1.165, 1.54) is 4.31 Å². The zero-order valence-corrected chi connectivity index (χ0v) is 18.9. The van der Waals surface area contributed by atoms with Gasteiger partial charge in [-0.3, -0.25) is 9.03 Å². The molecule has 8 heteroatoms. The first kappa shape index (κ1) is 21.6. The molecule has 0 unspecified atom stereocenters. The monoisotopic (exact) mass is 436 g/mol. The average molecular weight is 437 g/mol. The van der Waals surface area contributed by atoms with Crippen molar-refractivity contribution >= 4 is 31.4 Å². The summed E-state index contributed by atoms with van der Waals surface area (Å²) in [5.74, 6) is 0.293. The minimum Gasteiger partial charge on any atom is -0.279 e. The summed E-state index contributed by atoms with van der Waals surface area (Å²) in [5, 5.41) is 0. The zero-order valence-electron chi connectivity index (χ0n) is 17.3. The SMILES string of the molecule is Cc1cc(N2CCCCS2(=O)=O)cc(C)c1S(=O)(=O)Nc1ccccc1C(C)C. The van der Waals surface area contributed by atoms with Crippen LogP contribution in [-0.2, 0) is 20.0 Å². The van der Waals surface area contributed by atoms with Gasteiger partial charge >= 0.3 is 0 Å². The number of aryl methyl sites for hydroxylation is 2. The third-order valence-corrected chi connectivity index (χ3v) is 8.72. The van der Waals surface area contributed by atoms with Crippen LogP contribution in [0.5, 0.6) is 0 Å². The zero-order chi connectivity index (χ0) is 21.4. The normalized spacial score (nSPS) is 16.8. The summed E-state index contributed by atoms with van der Waals surface area (Å²) in [6.45, 7) is 7.86. The van der Waals surface area contributed by atoms with E-state index in [1.807, 2.05) is 26.0 Å². The Morgan fingerprint density at radius 3 is 2.24 bits per heavy atom. The van der Waals surface area contributed by atoms with Crippen LogP contribution < -0.4 is 9.03 Å². The maximum absolute atomic E-state index is 13.2. The van der Waals surface area contributed by atoms with Gasteiger partial charge in [0.1, 0.15) is 0 Å². The third-order valence-electron chi connectivity index (χ3n) is 5.18. The van der Waals surface area contributed by atoms with Gasteiger partial charge in [-0.2, -0.15) is 0 Å². The van der Waals surface area contributed by atoms with Gasteiger partial charge in [-0.25, -0.2) is 16.8 Å². The molecule has 1 saturated heterocycles. The van der Waals surface area contributed by atoms with Crippen molar-refractivity contribution in [1.82, 2.24) is 0 Å². The molecule has 0 bridgehead atoms. The summed E-state index contributed by atoms with van der Waals surface area (Å²) < 4.78 is 55.3. The largest absolute Gasteiger partial charge is 0.279 e. The number of nitrogens with one attached hydrogen (secondary N) is 1. The molecule has 0 atom stereocenters. The fourth-order valence-electron chi connectivity index (χ4n) is 3.86. The molecule has 0 saturated carbocycles. The molecule has 1 fully saturated rings. The van der Waals surface area contributed by atoms with Crippen molar-refractivity contribution in [2.45, 2.75) is 51.3 Å². The van der Waals surface area contributed by atoms with Crippen molar-refractivity contribution in [3.05, 3.63) is 53.1 Å². The van der Waals surface area contributed by atoms with Gasteiger partial charge in [0.15, 0.2) is 0 Å². The number of anilines is 2. The number of sulfonamides is 2. The second-order valence-electron chi connectivity index (χ2n) is 7.85. The molecule has 3 rings (SSSR count). The van der Waals surface area contributed by atoms with Gasteiger partial charge < -0.3 is 0 Å². The van der Waals surface area contributed by atoms with Crippen LogP contribution in [0, 0.1) is 13.8 Å². The van der Waals surface area contributed by atoms with E-state index in [-0.39, 0.29) is 16.6 Å². The lowest BCUT2D eigenvalue weighted by atomic mass is 10.0. The van der Waals surface area contributed by atoms with Gasteiger partial charge in [-0.05, 0) is 67.5 Å². The average Bonchev–Trinajstić information content (AvgIpc) is 2.60. The minimum atomic E-state index is -3.82. The van der Waals surface area contributed by atoms with Crippen molar-refractivity contribution in [2.75, 3.05) is 21.3 Å². The first-order valence-corrected chi connectivity index (χ1v) is 12.9. The van der Waals surface area contributed by atoms with E-state index >= 15 is 0 Å². The van der Waals surface area contributed by atoms with E-state index in [1.54, 1.807) is 38.1 Å². The molecule has 29 heavy (non-hydrogen) atoms. The summed E-state index contributed by atoms with van der Waals surface area (Å²) >= 11 is 0. The van der Waals surface area contributed by atoms with E-state index in [2.05, 4.69) is 4.72 Å². The first-order chi connectivity index (χ1) is 13.5. The summed E-state index contributed by atoms with van der Waals surface area (Å²) in [6.07, 6.45) is 1.45. The highest BCUT2D eigenvalue weighted by molar-refractivity contribution is 7.93. The second kappa shape index (κ2) is 7.99. The molecule has 1 N–H and O–H groups in total. The Kier molecular flexibility index (Phi) is 5.96. The van der Waals surface area contributed by atoms with E-state index in [4.69, 9.17) is 0 Å². The quantitative estimate of drug-likeness (QED) is 0.763. The van der Waals surface area contributed by atoms with Gasteiger partial charge in [0, 0.05) is 6.54 Å². The molecule has 0 aliphatic carbocycles. The van der Waals surface area contributed by atoms with E-state index in [9.17, 15) is 16.8 Å². The van der Waals surface area contributed by atoms with Gasteiger partial charge in [0.25, 0.3) is 10.0 Å². The van der Waals surface area contributed by atoms with Gasteiger partial charge in [0.2, 0.25) is 10.0 Å². The smallest absolute Gasteiger partial charge is 0.262 e. The maximum atomic E-state index is 13.2. The number of hydrogen-bond donors (Lipinski definition) is 1. The molecule has 0 amide bonds. The van der Waals surface area contributed by atoms with Crippen LogP contribution in [0.2, 0.25) is 0 Å². The van der Waals surface area contributed by atoms with Crippen molar-refractivity contribution in [3.8, 4) is 0 Å². The number of nitrogens with zero attached hydrogens (tertiary/aromatic N) is 1. The molecule has 1 aliphatic heterocycles. The lowest BCUT2D eigenvalue weighted by molar-refractivity contribution is 0.574. The van der Waals surface area contributed by atoms with Crippen LogP contribution in [0.15, 0.2) is 41.3 Å². The maximum Gasteiger partial charge on any atom is 0.262 e. The van der Waals surface area contributed by atoms with E-state index in [0.29, 0.717) is 35.5 Å². The predicted molar refractivity (Wildman–Crippen MR) is 118 cm³/mol. The molecule has 1 aliphatic rings. The fraction of sp³-hybridized carbons (Fsp3) is 0.429. The lowest BCUT2D eigenvalue weighted by Crippen LogP contribution is -2.38. The van der Waals surface area contributed by atoms with Gasteiger partial charge in [-0.15, -0.1) is 0 Å². The molecule has 2 aromatic rings. The topological polar surface area (TPSA) is 83.6 Å². The number of hydrogen-bond acceptors (Lipinski definition) is 4. The Morgan fingerprint density at radius 2 is 1.66 bits per heavy atom. The standard InChI is InChI=1S/C21H28N2O4S2/c1-15(2)19-9-5-6-10-20(19)22-29(26,27)21-16(3)13-18(14-17(21)4)23-11-7-8-12-28(23,24)25/h5-6,9-10,13-15,22H,7-8,11-12H2,1-4H3. The van der Waals surface area contributed by atoms with Crippen LogP contribution in [0.4, 0.5) is 11.4 Å². The summed E-state index contributed by atoms with van der Waals surface area (Å²) in [4.78, 5) is 0.189. The summed E-state index contributed by atoms with van der Waals surface area (Å²) in [7, 11) is -7.18. The Morgan fingerprint density at radius 1 is 1.03 bits per heavy atom. The first-order valence-electron chi connectivity index (χ1n) is 9.76. The molecule has 1 heterocycles. The summed E-state index contributed by atoms with van der Waals surface area (Å²) in [6, 6.07) is 10.7. The van der Waals surface area contributed by atoms with Crippen molar-refractivity contribution in [2.24, 2.45) is 0 Å². The molecular weight excluding hydrogens is 408 g/mol. The third kappa shape index (κ3) is 4.43. The molecule has 158 valence electrons. The van der Waals surface area contributed by atoms with E-state index in [0.717, 1.165) is 12.0 Å². The Bertz CT molecular complexity index is 1100. The highest BCUT2D eigenvalue weighted by atomic mass is 32.2. The molecular formula is C21H28N2O4S2. The summed E-state index contributed by atoms with van der Waals surface area (Å²) in [5.41, 5.74) is 3.05. The van der Waals surface area contributed by atoms with Gasteiger partial charge in [-0.1, -0.05) is 32.0 Å². The van der Waals surface area contributed by atoms with E-state index < -0.39 is 20.0 Å². The Labute approximate surface area is 174 Å². The Balaban J connectivity index is 2.01. The van der Waals surface area contributed by atoms with Gasteiger partial charge in [0.05, 0.1) is 22.0 Å². The minimum absolute atomic E-state index is 0.124. The van der Waals surface area contributed by atoms with Crippen LogP contribution in [-0.4, -0.2) is 29.1 Å². The van der Waals surface area contributed by atoms with Crippen LogP contribution in [0.1, 0.15) is 49.3 Å². The highest BCUT2D eigenvalue weighted by Crippen LogP contribution is 2.32. The second-order valence-corrected chi connectivity index (χ2v) is 11.5. The number of benzene rings is 2. The van der Waals surface area contributed by atoms with Crippen LogP contribution in [0.25, 0.3) is 0 Å². The van der Waals surface area contributed by atoms with Crippen LogP contribution in [0.3, 0.4) is 0 Å². The van der Waals surface area contributed by atoms with Crippen LogP contribution >= 0.6 is 0 Å². The lowest BCUT2D eigenvalue weighted by Gasteiger charge is -2.29. The fourth-order valence-corrected chi connectivity index (χ4v) is 7.03. The molecule has 6 nitrogen and oxygen atoms in total. The van der Waals surface area contributed by atoms with Crippen molar-refractivity contribution < 1.29 is 16.8 Å². The Hall–Kier alpha value is -2.06. The predicted octanol–water partition coefficient (Wildman–Crippen LogP) is 4.16. The van der Waals surface area contributed by atoms with Crippen molar-refractivity contribution in [1.29, 1.82) is 0 Å². The number of rotatable bonds is 5. The molecule has 0 spiro atoms. The van der Waals surface area contributed by atoms with Crippen molar-refractivity contribution in [3.63, 3.8) is 0 Å². The molecule has 0 radical (unpaired) electrons. The molecule has 0 aromatic heterocycles. The highest BCUT2D eigenvalue weighted by Gasteiger charge is 2.28. The number of para-hydroxylation sites is 1. The molecule has 2 aromatic carbocycles.